The van der Waals surface area contributed by atoms with Crippen molar-refractivity contribution in [2.75, 3.05) is 13.7 Å². The molecule has 0 radical (unpaired) electrons. The lowest BCUT2D eigenvalue weighted by molar-refractivity contribution is -0.142. The van der Waals surface area contributed by atoms with Gasteiger partial charge in [-0.2, -0.15) is 0 Å². The highest BCUT2D eigenvalue weighted by atomic mass is 16.5. The maximum Gasteiger partial charge on any atom is 0.326 e. The molecule has 0 spiro atoms. The van der Waals surface area contributed by atoms with Crippen molar-refractivity contribution < 1.29 is 24.2 Å². The van der Waals surface area contributed by atoms with Crippen LogP contribution in [0.2, 0.25) is 0 Å². The monoisotopic (exact) mass is 247 g/mol. The Balaban J connectivity index is 4.29. The zero-order valence-electron chi connectivity index (χ0n) is 9.73. The fourth-order valence-corrected chi connectivity index (χ4v) is 1.07. The molecule has 0 bridgehead atoms. The van der Waals surface area contributed by atoms with Crippen LogP contribution < -0.4 is 16.4 Å². The van der Waals surface area contributed by atoms with Crippen LogP contribution in [0.4, 0.5) is 4.79 Å². The van der Waals surface area contributed by atoms with E-state index in [-0.39, 0.29) is 13.0 Å². The summed E-state index contributed by atoms with van der Waals surface area (Å²) < 4.78 is 4.72. The zero-order chi connectivity index (χ0) is 13.4. The summed E-state index contributed by atoms with van der Waals surface area (Å²) >= 11 is 0. The van der Waals surface area contributed by atoms with Gasteiger partial charge >= 0.3 is 12.0 Å². The molecule has 98 valence electrons. The highest BCUT2D eigenvalue weighted by molar-refractivity contribution is 5.89. The molecule has 3 amide bonds. The van der Waals surface area contributed by atoms with Gasteiger partial charge in [0.25, 0.3) is 0 Å². The summed E-state index contributed by atoms with van der Waals surface area (Å²) in [6, 6.07) is -2.80. The van der Waals surface area contributed by atoms with E-state index < -0.39 is 30.0 Å². The van der Waals surface area contributed by atoms with Gasteiger partial charge in [-0.3, -0.25) is 4.79 Å². The molecule has 0 fully saturated rings. The number of hydrogen-bond acceptors (Lipinski definition) is 4. The topological polar surface area (TPSA) is 131 Å². The fraction of sp³-hybridized carbons (Fsp3) is 0.667. The van der Waals surface area contributed by atoms with Crippen molar-refractivity contribution in [3.63, 3.8) is 0 Å². The lowest BCUT2D eigenvalue weighted by atomic mass is 10.2. The Bertz CT molecular complexity index is 294. The summed E-state index contributed by atoms with van der Waals surface area (Å²) in [6.45, 7) is 1.60. The molecule has 5 N–H and O–H groups in total. The highest BCUT2D eigenvalue weighted by Gasteiger charge is 2.22. The number of carbonyl (C=O) groups is 3. The van der Waals surface area contributed by atoms with Crippen molar-refractivity contribution >= 4 is 17.9 Å². The van der Waals surface area contributed by atoms with Crippen molar-refractivity contribution in [3.05, 3.63) is 0 Å². The molecule has 0 rings (SSSR count). The van der Waals surface area contributed by atoms with Gasteiger partial charge < -0.3 is 26.2 Å². The molecule has 0 heterocycles. The minimum atomic E-state index is -1.17. The number of primary amides is 1. The lowest BCUT2D eigenvalue weighted by Crippen LogP contribution is -2.51. The van der Waals surface area contributed by atoms with E-state index in [1.54, 1.807) is 0 Å². The normalized spacial score (nSPS) is 13.5. The van der Waals surface area contributed by atoms with Crippen molar-refractivity contribution in [1.82, 2.24) is 10.6 Å². The second-order valence-corrected chi connectivity index (χ2v) is 3.41. The molecule has 8 nitrogen and oxygen atoms in total. The van der Waals surface area contributed by atoms with E-state index >= 15 is 0 Å². The summed E-state index contributed by atoms with van der Waals surface area (Å²) in [5.74, 6) is -1.78. The number of amides is 3. The average Bonchev–Trinajstić information content (AvgIpc) is 2.22. The van der Waals surface area contributed by atoms with Gasteiger partial charge in [-0.05, 0) is 6.92 Å². The summed E-state index contributed by atoms with van der Waals surface area (Å²) in [4.78, 5) is 32.8. The molecule has 8 heteroatoms. The van der Waals surface area contributed by atoms with Gasteiger partial charge in [0.05, 0.1) is 0 Å². The molecule has 0 aromatic rings. The number of nitrogens with two attached hydrogens (primary N) is 1. The third kappa shape index (κ3) is 6.36. The summed E-state index contributed by atoms with van der Waals surface area (Å²) in [5.41, 5.74) is 4.84. The number of rotatable bonds is 7. The van der Waals surface area contributed by atoms with Crippen LogP contribution in [0.25, 0.3) is 0 Å². The molecule has 0 saturated carbocycles. The van der Waals surface area contributed by atoms with Gasteiger partial charge in [-0.15, -0.1) is 0 Å². The van der Waals surface area contributed by atoms with Gasteiger partial charge in [0, 0.05) is 20.1 Å². The van der Waals surface area contributed by atoms with Crippen molar-refractivity contribution in [1.29, 1.82) is 0 Å². The van der Waals surface area contributed by atoms with Crippen LogP contribution in [-0.4, -0.2) is 48.8 Å². The third-order valence-electron chi connectivity index (χ3n) is 1.98. The Morgan fingerprint density at radius 2 is 1.94 bits per heavy atom. The van der Waals surface area contributed by atoms with Crippen LogP contribution in [0.3, 0.4) is 0 Å². The van der Waals surface area contributed by atoms with Gasteiger partial charge in [0.15, 0.2) is 0 Å². The molecule has 2 atom stereocenters. The number of carboxylic acid groups (broad SMARTS) is 1. The van der Waals surface area contributed by atoms with E-state index in [1.807, 2.05) is 0 Å². The summed E-state index contributed by atoms with van der Waals surface area (Å²) in [7, 11) is 1.43. The molecular weight excluding hydrogens is 230 g/mol. The fourth-order valence-electron chi connectivity index (χ4n) is 1.07. The molecule has 0 aliphatic heterocycles. The molecule has 0 saturated heterocycles. The predicted octanol–water partition coefficient (Wildman–Crippen LogP) is -1.35. The number of carboxylic acids is 1. The minimum absolute atomic E-state index is 0.140. The first-order valence-corrected chi connectivity index (χ1v) is 4.96. The first kappa shape index (κ1) is 15.2. The van der Waals surface area contributed by atoms with Crippen LogP contribution >= 0.6 is 0 Å². The van der Waals surface area contributed by atoms with Crippen molar-refractivity contribution in [2.45, 2.75) is 25.4 Å². The average molecular weight is 247 g/mol. The minimum Gasteiger partial charge on any atom is -0.480 e. The predicted molar refractivity (Wildman–Crippen MR) is 58.2 cm³/mol. The van der Waals surface area contributed by atoms with Crippen LogP contribution in [-0.2, 0) is 14.3 Å². The standard InChI is InChI=1S/C9H17N3O5/c1-5(11-9(10)16)7(13)12-6(8(14)15)3-4-17-2/h5-6H,3-4H2,1-2H3,(H,12,13)(H,14,15)(H3,10,11,16). The molecule has 0 aliphatic rings. The van der Waals surface area contributed by atoms with E-state index in [1.165, 1.54) is 14.0 Å². The number of ether oxygens (including phenoxy) is 1. The second kappa shape index (κ2) is 7.44. The van der Waals surface area contributed by atoms with Crippen LogP contribution in [0.15, 0.2) is 0 Å². The Hall–Kier alpha value is -1.83. The van der Waals surface area contributed by atoms with E-state index in [4.69, 9.17) is 15.6 Å². The molecule has 0 aromatic carbocycles. The lowest BCUT2D eigenvalue weighted by Gasteiger charge is -2.17. The van der Waals surface area contributed by atoms with E-state index in [2.05, 4.69) is 10.6 Å². The number of urea groups is 1. The largest absolute Gasteiger partial charge is 0.480 e. The Morgan fingerprint density at radius 3 is 2.35 bits per heavy atom. The zero-order valence-corrected chi connectivity index (χ0v) is 9.73. The van der Waals surface area contributed by atoms with Gasteiger partial charge in [0.1, 0.15) is 12.1 Å². The molecule has 2 unspecified atom stereocenters. The number of aliphatic carboxylic acids is 1. The smallest absolute Gasteiger partial charge is 0.326 e. The molecule has 17 heavy (non-hydrogen) atoms. The molecule has 0 aliphatic carbocycles. The van der Waals surface area contributed by atoms with E-state index in [0.29, 0.717) is 0 Å². The maximum atomic E-state index is 11.5. The van der Waals surface area contributed by atoms with Crippen LogP contribution in [0.5, 0.6) is 0 Å². The van der Waals surface area contributed by atoms with Crippen molar-refractivity contribution in [3.8, 4) is 0 Å². The maximum absolute atomic E-state index is 11.5. The summed E-state index contributed by atoms with van der Waals surface area (Å²) in [5, 5.41) is 13.2. The van der Waals surface area contributed by atoms with E-state index in [9.17, 15) is 14.4 Å². The number of carbonyl (C=O) groups excluding carboxylic acids is 2. The Morgan fingerprint density at radius 1 is 1.35 bits per heavy atom. The molecular formula is C9H17N3O5. The Labute approximate surface area is 98.5 Å². The first-order valence-electron chi connectivity index (χ1n) is 4.96. The van der Waals surface area contributed by atoms with Crippen LogP contribution in [0.1, 0.15) is 13.3 Å². The van der Waals surface area contributed by atoms with E-state index in [0.717, 1.165) is 0 Å². The van der Waals surface area contributed by atoms with Gasteiger partial charge in [-0.25, -0.2) is 9.59 Å². The molecule has 0 aromatic heterocycles. The number of nitrogens with one attached hydrogen (secondary N) is 2. The number of hydrogen-bond donors (Lipinski definition) is 4. The quantitative estimate of drug-likeness (QED) is 0.441. The second-order valence-electron chi connectivity index (χ2n) is 3.41. The van der Waals surface area contributed by atoms with Gasteiger partial charge in [0.2, 0.25) is 5.91 Å². The number of methoxy groups -OCH3 is 1. The van der Waals surface area contributed by atoms with Crippen molar-refractivity contribution in [2.24, 2.45) is 5.73 Å². The van der Waals surface area contributed by atoms with Gasteiger partial charge in [-0.1, -0.05) is 0 Å². The highest BCUT2D eigenvalue weighted by Crippen LogP contribution is 1.94. The third-order valence-corrected chi connectivity index (χ3v) is 1.98. The SMILES string of the molecule is COCCC(NC(=O)C(C)NC(N)=O)C(=O)O. The Kier molecular flexibility index (Phi) is 6.64. The van der Waals surface area contributed by atoms with Crippen LogP contribution in [0, 0.1) is 0 Å². The summed E-state index contributed by atoms with van der Waals surface area (Å²) in [6.07, 6.45) is 0.140. The first-order chi connectivity index (χ1) is 7.88.